The Morgan fingerprint density at radius 2 is 2.00 bits per heavy atom. The number of aryl methyl sites for hydroxylation is 1. The molecular weight excluding hydrogens is 344 g/mol. The van der Waals surface area contributed by atoms with Crippen LogP contribution in [0, 0.1) is 6.92 Å². The Kier molecular flexibility index (Phi) is 5.96. The first-order chi connectivity index (χ1) is 13.0. The molecule has 1 aromatic carbocycles. The standard InChI is InChI=1S/C21H26N2O4/c1-3-4-5-6-7-22-10-14-8-16(18(25)9-17(14)24)21-19-15(12-27-21)11-23-13(2)20(19)26/h8-11,21,24-26H,3-7,12H2,1-2H3. The van der Waals surface area contributed by atoms with Gasteiger partial charge in [-0.25, -0.2) is 0 Å². The third-order valence-electron chi connectivity index (χ3n) is 4.86. The maximum Gasteiger partial charge on any atom is 0.143 e. The largest absolute Gasteiger partial charge is 0.507 e. The van der Waals surface area contributed by atoms with E-state index < -0.39 is 6.10 Å². The fourth-order valence-electron chi connectivity index (χ4n) is 3.28. The lowest BCUT2D eigenvalue weighted by Crippen LogP contribution is -2.02. The SMILES string of the molecule is CCCCCCN=Cc1cc(C2OCc3cnc(C)c(O)c32)c(O)cc1O. The van der Waals surface area contributed by atoms with Crippen LogP contribution in [0.2, 0.25) is 0 Å². The van der Waals surface area contributed by atoms with E-state index in [1.54, 1.807) is 25.4 Å². The van der Waals surface area contributed by atoms with Crippen molar-refractivity contribution in [2.75, 3.05) is 6.54 Å². The van der Waals surface area contributed by atoms with Gasteiger partial charge in [0, 0.05) is 47.3 Å². The number of aliphatic imine (C=N–C) groups is 1. The highest BCUT2D eigenvalue weighted by Gasteiger charge is 2.31. The van der Waals surface area contributed by atoms with Gasteiger partial charge in [-0.15, -0.1) is 0 Å². The molecule has 2 heterocycles. The van der Waals surface area contributed by atoms with Crippen LogP contribution >= 0.6 is 0 Å². The molecule has 1 aliphatic heterocycles. The van der Waals surface area contributed by atoms with E-state index in [1.165, 1.54) is 18.9 Å². The molecule has 27 heavy (non-hydrogen) atoms. The van der Waals surface area contributed by atoms with E-state index in [-0.39, 0.29) is 17.2 Å². The van der Waals surface area contributed by atoms with Crippen LogP contribution in [0.15, 0.2) is 23.3 Å². The third-order valence-corrected chi connectivity index (χ3v) is 4.86. The number of pyridine rings is 1. The van der Waals surface area contributed by atoms with Crippen LogP contribution < -0.4 is 0 Å². The average molecular weight is 370 g/mol. The zero-order chi connectivity index (χ0) is 19.4. The van der Waals surface area contributed by atoms with Crippen LogP contribution in [-0.2, 0) is 11.3 Å². The van der Waals surface area contributed by atoms with E-state index in [1.807, 2.05) is 0 Å². The Morgan fingerprint density at radius 1 is 1.19 bits per heavy atom. The zero-order valence-corrected chi connectivity index (χ0v) is 15.8. The lowest BCUT2D eigenvalue weighted by Gasteiger charge is -2.16. The summed E-state index contributed by atoms with van der Waals surface area (Å²) in [5.41, 5.74) is 2.92. The summed E-state index contributed by atoms with van der Waals surface area (Å²) in [6, 6.07) is 2.95. The molecule has 0 bridgehead atoms. The molecule has 1 unspecified atom stereocenters. The Balaban J connectivity index is 1.86. The van der Waals surface area contributed by atoms with Crippen LogP contribution in [-0.4, -0.2) is 33.1 Å². The van der Waals surface area contributed by atoms with E-state index in [2.05, 4.69) is 16.9 Å². The van der Waals surface area contributed by atoms with Crippen molar-refractivity contribution in [2.45, 2.75) is 52.2 Å². The van der Waals surface area contributed by atoms with Gasteiger partial charge in [0.1, 0.15) is 23.4 Å². The Bertz CT molecular complexity index is 849. The second-order valence-electron chi connectivity index (χ2n) is 6.89. The van der Waals surface area contributed by atoms with Gasteiger partial charge in [-0.1, -0.05) is 26.2 Å². The molecule has 3 rings (SSSR count). The number of ether oxygens (including phenoxy) is 1. The summed E-state index contributed by atoms with van der Waals surface area (Å²) in [6.07, 6.45) is 7.21. The lowest BCUT2D eigenvalue weighted by atomic mass is 9.96. The van der Waals surface area contributed by atoms with Gasteiger partial charge in [0.15, 0.2) is 0 Å². The van der Waals surface area contributed by atoms with Gasteiger partial charge in [-0.2, -0.15) is 0 Å². The topological polar surface area (TPSA) is 95.2 Å². The summed E-state index contributed by atoms with van der Waals surface area (Å²) < 4.78 is 5.80. The predicted molar refractivity (Wildman–Crippen MR) is 104 cm³/mol. The average Bonchev–Trinajstić information content (AvgIpc) is 3.07. The molecule has 1 atom stereocenters. The highest BCUT2D eigenvalue weighted by Crippen LogP contribution is 2.45. The van der Waals surface area contributed by atoms with Crippen LogP contribution in [0.4, 0.5) is 0 Å². The first-order valence-corrected chi connectivity index (χ1v) is 9.37. The Morgan fingerprint density at radius 3 is 2.78 bits per heavy atom. The monoisotopic (exact) mass is 370 g/mol. The first kappa shape index (κ1) is 19.2. The molecule has 3 N–H and O–H groups in total. The number of rotatable bonds is 7. The molecule has 6 heteroatoms. The highest BCUT2D eigenvalue weighted by atomic mass is 16.5. The number of hydrogen-bond donors (Lipinski definition) is 3. The van der Waals surface area contributed by atoms with Crippen molar-refractivity contribution < 1.29 is 20.1 Å². The number of nitrogens with zero attached hydrogens (tertiary/aromatic N) is 2. The van der Waals surface area contributed by atoms with Gasteiger partial charge < -0.3 is 20.1 Å². The summed E-state index contributed by atoms with van der Waals surface area (Å²) in [7, 11) is 0. The number of aromatic hydroxyl groups is 3. The molecular formula is C21H26N2O4. The fourth-order valence-corrected chi connectivity index (χ4v) is 3.28. The van der Waals surface area contributed by atoms with Crippen molar-refractivity contribution in [1.29, 1.82) is 0 Å². The number of aromatic nitrogens is 1. The van der Waals surface area contributed by atoms with Crippen molar-refractivity contribution in [3.8, 4) is 17.2 Å². The van der Waals surface area contributed by atoms with Gasteiger partial charge in [0.2, 0.25) is 0 Å². The molecule has 1 aliphatic rings. The molecule has 0 saturated carbocycles. The number of hydrogen-bond acceptors (Lipinski definition) is 6. The smallest absolute Gasteiger partial charge is 0.143 e. The number of fused-ring (bicyclic) bond motifs is 1. The summed E-state index contributed by atoms with van der Waals surface area (Å²) in [6.45, 7) is 4.89. The molecule has 6 nitrogen and oxygen atoms in total. The molecule has 0 amide bonds. The van der Waals surface area contributed by atoms with Gasteiger partial charge in [0.05, 0.1) is 12.3 Å². The van der Waals surface area contributed by atoms with Crippen molar-refractivity contribution in [1.82, 2.24) is 4.98 Å². The molecule has 1 aromatic heterocycles. The van der Waals surface area contributed by atoms with E-state index in [0.717, 1.165) is 18.4 Å². The number of phenolic OH excluding ortho intramolecular Hbond substituents is 2. The minimum absolute atomic E-state index is 0.0399. The second kappa shape index (κ2) is 8.39. The molecule has 0 fully saturated rings. The third kappa shape index (κ3) is 4.06. The minimum atomic E-state index is -0.612. The fraction of sp³-hybridized carbons (Fsp3) is 0.429. The van der Waals surface area contributed by atoms with Crippen LogP contribution in [0.1, 0.15) is 66.7 Å². The van der Waals surface area contributed by atoms with Crippen molar-refractivity contribution >= 4 is 6.21 Å². The maximum atomic E-state index is 10.4. The second-order valence-corrected chi connectivity index (χ2v) is 6.89. The van der Waals surface area contributed by atoms with Crippen molar-refractivity contribution in [3.05, 3.63) is 46.3 Å². The number of unbranched alkanes of at least 4 members (excludes halogenated alkanes) is 3. The van der Waals surface area contributed by atoms with E-state index in [4.69, 9.17) is 4.74 Å². The van der Waals surface area contributed by atoms with Gasteiger partial charge in [-0.3, -0.25) is 9.98 Å². The molecule has 0 spiro atoms. The Hall–Kier alpha value is -2.60. The molecule has 0 aliphatic carbocycles. The molecule has 0 saturated heterocycles. The minimum Gasteiger partial charge on any atom is -0.507 e. The quantitative estimate of drug-likeness (QED) is 0.503. The summed E-state index contributed by atoms with van der Waals surface area (Å²) >= 11 is 0. The summed E-state index contributed by atoms with van der Waals surface area (Å²) in [5.74, 6) is -0.0464. The van der Waals surface area contributed by atoms with Crippen LogP contribution in [0.25, 0.3) is 0 Å². The molecule has 2 aromatic rings. The summed E-state index contributed by atoms with van der Waals surface area (Å²) in [5, 5.41) is 30.9. The number of benzene rings is 1. The normalized spacial score (nSPS) is 16.1. The maximum absolute atomic E-state index is 10.4. The predicted octanol–water partition coefficient (Wildman–Crippen LogP) is 4.13. The molecule has 144 valence electrons. The van der Waals surface area contributed by atoms with E-state index in [0.29, 0.717) is 35.5 Å². The van der Waals surface area contributed by atoms with Gasteiger partial charge >= 0.3 is 0 Å². The van der Waals surface area contributed by atoms with Crippen LogP contribution in [0.5, 0.6) is 17.2 Å². The first-order valence-electron chi connectivity index (χ1n) is 9.37. The number of phenols is 2. The van der Waals surface area contributed by atoms with Crippen molar-refractivity contribution in [3.63, 3.8) is 0 Å². The highest BCUT2D eigenvalue weighted by molar-refractivity contribution is 5.84. The zero-order valence-electron chi connectivity index (χ0n) is 15.8. The van der Waals surface area contributed by atoms with Gasteiger partial charge in [0.25, 0.3) is 0 Å². The molecule has 0 radical (unpaired) electrons. The lowest BCUT2D eigenvalue weighted by molar-refractivity contribution is 0.0910. The van der Waals surface area contributed by atoms with Gasteiger partial charge in [-0.05, 0) is 19.4 Å². The van der Waals surface area contributed by atoms with E-state index in [9.17, 15) is 15.3 Å². The summed E-state index contributed by atoms with van der Waals surface area (Å²) in [4.78, 5) is 8.53. The Labute approximate surface area is 159 Å². The van der Waals surface area contributed by atoms with Crippen LogP contribution in [0.3, 0.4) is 0 Å². The van der Waals surface area contributed by atoms with Crippen molar-refractivity contribution in [2.24, 2.45) is 4.99 Å². The van der Waals surface area contributed by atoms with E-state index >= 15 is 0 Å².